The van der Waals surface area contributed by atoms with E-state index >= 15 is 0 Å². The van der Waals surface area contributed by atoms with E-state index in [1.165, 1.54) is 167 Å². The van der Waals surface area contributed by atoms with Crippen LogP contribution in [-0.4, -0.2) is 57.3 Å². The van der Waals surface area contributed by atoms with Crippen LogP contribution in [0.15, 0.2) is 0 Å². The molecule has 5 N–H and O–H groups in total. The molecule has 1 amide bonds. The van der Waals surface area contributed by atoms with E-state index in [1.54, 1.807) is 0 Å². The lowest BCUT2D eigenvalue weighted by atomic mass is 9.99. The van der Waals surface area contributed by atoms with Crippen molar-refractivity contribution >= 4 is 5.91 Å². The number of aliphatic hydroxyl groups excluding tert-OH is 4. The van der Waals surface area contributed by atoms with Crippen LogP contribution in [0.25, 0.3) is 0 Å². The van der Waals surface area contributed by atoms with Gasteiger partial charge in [0.2, 0.25) is 5.91 Å². The highest BCUT2D eigenvalue weighted by molar-refractivity contribution is 5.80. The van der Waals surface area contributed by atoms with E-state index in [9.17, 15) is 25.2 Å². The Balaban J connectivity index is 3.72. The summed E-state index contributed by atoms with van der Waals surface area (Å²) in [5.41, 5.74) is 0. The molecule has 4 unspecified atom stereocenters. The molecule has 0 heterocycles. The minimum Gasteiger partial charge on any atom is -0.394 e. The van der Waals surface area contributed by atoms with Gasteiger partial charge in [0.1, 0.15) is 12.2 Å². The van der Waals surface area contributed by atoms with Crippen molar-refractivity contribution in [2.75, 3.05) is 6.61 Å². The first kappa shape index (κ1) is 47.3. The Kier molecular flexibility index (Phi) is 37.0. The highest BCUT2D eigenvalue weighted by Gasteiger charge is 2.28. The molecule has 0 saturated carbocycles. The molecule has 4 atom stereocenters. The van der Waals surface area contributed by atoms with Gasteiger partial charge in [0, 0.05) is 0 Å². The Morgan fingerprint density at radius 3 is 1.00 bits per heavy atom. The van der Waals surface area contributed by atoms with Crippen LogP contribution in [0.2, 0.25) is 0 Å². The summed E-state index contributed by atoms with van der Waals surface area (Å²) in [6.07, 6.45) is 38.4. The molecule has 0 aliphatic heterocycles. The third-order valence-corrected chi connectivity index (χ3v) is 10.3. The lowest BCUT2D eigenvalue weighted by Gasteiger charge is -2.27. The van der Waals surface area contributed by atoms with E-state index in [0.717, 1.165) is 38.5 Å². The Morgan fingerprint density at radius 1 is 0.438 bits per heavy atom. The molecule has 0 saturated heterocycles. The molecule has 0 aromatic carbocycles. The van der Waals surface area contributed by atoms with Crippen molar-refractivity contribution in [2.24, 2.45) is 0 Å². The molecule has 0 aliphatic rings. The Morgan fingerprint density at radius 2 is 0.708 bits per heavy atom. The van der Waals surface area contributed by atoms with Gasteiger partial charge in [-0.05, 0) is 12.8 Å². The average molecular weight is 684 g/mol. The van der Waals surface area contributed by atoms with E-state index < -0.39 is 36.9 Å². The van der Waals surface area contributed by atoms with Crippen molar-refractivity contribution in [3.05, 3.63) is 0 Å². The molecule has 0 rings (SSSR count). The number of carbonyl (C=O) groups is 1. The summed E-state index contributed by atoms with van der Waals surface area (Å²) in [5.74, 6) is -0.580. The van der Waals surface area contributed by atoms with Gasteiger partial charge >= 0.3 is 0 Å². The van der Waals surface area contributed by atoms with Gasteiger partial charge in [-0.25, -0.2) is 0 Å². The highest BCUT2D eigenvalue weighted by Crippen LogP contribution is 2.17. The lowest BCUT2D eigenvalue weighted by Crippen LogP contribution is -2.53. The van der Waals surface area contributed by atoms with Crippen LogP contribution in [0.4, 0.5) is 0 Å². The summed E-state index contributed by atoms with van der Waals surface area (Å²) in [4.78, 5) is 12.5. The fraction of sp³-hybridized carbons (Fsp3) is 0.976. The maximum absolute atomic E-state index is 12.5. The number of nitrogens with one attached hydrogen (secondary N) is 1. The summed E-state index contributed by atoms with van der Waals surface area (Å²) in [5, 5.41) is 43.6. The van der Waals surface area contributed by atoms with Crippen molar-refractivity contribution in [2.45, 2.75) is 257 Å². The van der Waals surface area contributed by atoms with E-state index in [-0.39, 0.29) is 0 Å². The Hall–Kier alpha value is -0.690. The average Bonchev–Trinajstić information content (AvgIpc) is 3.09. The van der Waals surface area contributed by atoms with Crippen LogP contribution in [0.5, 0.6) is 0 Å². The van der Waals surface area contributed by atoms with E-state index in [2.05, 4.69) is 19.2 Å². The summed E-state index contributed by atoms with van der Waals surface area (Å²) in [7, 11) is 0. The van der Waals surface area contributed by atoms with Crippen molar-refractivity contribution in [3.8, 4) is 0 Å². The molecule has 0 fully saturated rings. The summed E-state index contributed by atoms with van der Waals surface area (Å²) < 4.78 is 0. The van der Waals surface area contributed by atoms with Crippen LogP contribution in [0.1, 0.15) is 232 Å². The number of hydrogen-bond donors (Lipinski definition) is 5. The zero-order valence-electron chi connectivity index (χ0n) is 32.3. The molecule has 48 heavy (non-hydrogen) atoms. The predicted molar refractivity (Wildman–Crippen MR) is 205 cm³/mol. The third-order valence-electron chi connectivity index (χ3n) is 10.3. The first-order chi connectivity index (χ1) is 23.5. The standard InChI is InChI=1S/C42H85NO5/c1-3-5-7-9-11-13-15-17-19-20-22-24-26-28-30-32-34-36-40(46)42(48)43-38(37-44)41(47)39(45)35-33-31-29-27-25-23-21-18-16-14-12-10-8-6-4-2/h38-41,44-47H,3-37H2,1-2H3,(H,43,48). The zero-order chi connectivity index (χ0) is 35.3. The number of unbranched alkanes of at least 4 members (excludes halogenated alkanes) is 30. The fourth-order valence-electron chi connectivity index (χ4n) is 6.88. The molecule has 0 aliphatic carbocycles. The van der Waals surface area contributed by atoms with Gasteiger partial charge in [0.25, 0.3) is 0 Å². The monoisotopic (exact) mass is 684 g/mol. The second kappa shape index (κ2) is 37.6. The maximum Gasteiger partial charge on any atom is 0.249 e. The Labute approximate surface area is 299 Å². The molecule has 0 radical (unpaired) electrons. The van der Waals surface area contributed by atoms with Gasteiger partial charge in [-0.2, -0.15) is 0 Å². The van der Waals surface area contributed by atoms with Crippen LogP contribution < -0.4 is 5.32 Å². The molecular formula is C42H85NO5. The van der Waals surface area contributed by atoms with Gasteiger partial charge in [-0.15, -0.1) is 0 Å². The lowest BCUT2D eigenvalue weighted by molar-refractivity contribution is -0.132. The van der Waals surface area contributed by atoms with E-state index in [0.29, 0.717) is 12.8 Å². The second-order valence-electron chi connectivity index (χ2n) is 15.1. The largest absolute Gasteiger partial charge is 0.394 e. The van der Waals surface area contributed by atoms with Crippen LogP contribution in [-0.2, 0) is 4.79 Å². The molecule has 6 nitrogen and oxygen atoms in total. The van der Waals surface area contributed by atoms with Crippen molar-refractivity contribution in [1.29, 1.82) is 0 Å². The molecule has 0 aromatic heterocycles. The number of aliphatic hydroxyl groups is 4. The van der Waals surface area contributed by atoms with Crippen molar-refractivity contribution in [3.63, 3.8) is 0 Å². The van der Waals surface area contributed by atoms with Crippen molar-refractivity contribution < 1.29 is 25.2 Å². The smallest absolute Gasteiger partial charge is 0.249 e. The van der Waals surface area contributed by atoms with Gasteiger partial charge < -0.3 is 25.7 Å². The fourth-order valence-corrected chi connectivity index (χ4v) is 6.88. The van der Waals surface area contributed by atoms with Crippen LogP contribution in [0.3, 0.4) is 0 Å². The topological polar surface area (TPSA) is 110 Å². The van der Waals surface area contributed by atoms with E-state index in [1.807, 2.05) is 0 Å². The number of carbonyl (C=O) groups excluding carboxylic acids is 1. The van der Waals surface area contributed by atoms with Gasteiger partial charge in [0.15, 0.2) is 0 Å². The SMILES string of the molecule is CCCCCCCCCCCCCCCCCCCC(O)C(=O)NC(CO)C(O)C(O)CCCCCCCCCCCCCCCCC. The molecule has 0 spiro atoms. The number of rotatable bonds is 39. The Bertz CT molecular complexity index is 648. The first-order valence-corrected chi connectivity index (χ1v) is 21.4. The summed E-state index contributed by atoms with van der Waals surface area (Å²) >= 11 is 0. The number of amides is 1. The quantitative estimate of drug-likeness (QED) is 0.0414. The minimum atomic E-state index is -1.25. The predicted octanol–water partition coefficient (Wildman–Crippen LogP) is 10.8. The molecular weight excluding hydrogens is 598 g/mol. The normalized spacial score (nSPS) is 14.2. The van der Waals surface area contributed by atoms with E-state index in [4.69, 9.17) is 0 Å². The molecule has 6 heteroatoms. The zero-order valence-corrected chi connectivity index (χ0v) is 32.3. The first-order valence-electron chi connectivity index (χ1n) is 21.4. The third kappa shape index (κ3) is 31.3. The van der Waals surface area contributed by atoms with Gasteiger partial charge in [-0.1, -0.05) is 219 Å². The highest BCUT2D eigenvalue weighted by atomic mass is 16.3. The second-order valence-corrected chi connectivity index (χ2v) is 15.1. The van der Waals surface area contributed by atoms with Crippen LogP contribution >= 0.6 is 0 Å². The summed E-state index contributed by atoms with van der Waals surface area (Å²) in [6, 6.07) is -0.978. The molecule has 288 valence electrons. The molecule has 0 aromatic rings. The minimum absolute atomic E-state index is 0.375. The van der Waals surface area contributed by atoms with Gasteiger partial charge in [-0.3, -0.25) is 4.79 Å². The molecule has 0 bridgehead atoms. The van der Waals surface area contributed by atoms with Gasteiger partial charge in [0.05, 0.1) is 18.8 Å². The number of hydrogen-bond acceptors (Lipinski definition) is 5. The van der Waals surface area contributed by atoms with Crippen molar-refractivity contribution in [1.82, 2.24) is 5.32 Å². The maximum atomic E-state index is 12.5. The van der Waals surface area contributed by atoms with Crippen LogP contribution in [0, 0.1) is 0 Å². The summed E-state index contributed by atoms with van der Waals surface area (Å²) in [6.45, 7) is 4.06.